The zero-order valence-electron chi connectivity index (χ0n) is 26.9. The molecule has 0 N–H and O–H groups in total. The Hall–Kier alpha value is -6.38. The van der Waals surface area contributed by atoms with Crippen molar-refractivity contribution in [3.8, 4) is 56.2 Å². The topological polar surface area (TPSA) is 25.8 Å². The Morgan fingerprint density at radius 2 is 0.735 bits per heavy atom. The minimum Gasteiger partial charge on any atom is -0.228 e. The molecule has 8 aromatic rings. The zero-order valence-corrected chi connectivity index (χ0v) is 26.9. The SMILES string of the molecule is c1ccc(-c2ccc(-c3cc(-c4ccccc4)nc(-c4ccc5c(c4)C(c4ccccc4)(c4ccccc4)c4ccccc4-5)n3)cc2)cc1. The van der Waals surface area contributed by atoms with Gasteiger partial charge in [0.25, 0.3) is 0 Å². The second-order valence-corrected chi connectivity index (χ2v) is 12.6. The monoisotopic (exact) mass is 624 g/mol. The van der Waals surface area contributed by atoms with Gasteiger partial charge in [-0.2, -0.15) is 0 Å². The summed E-state index contributed by atoms with van der Waals surface area (Å²) in [7, 11) is 0. The van der Waals surface area contributed by atoms with Gasteiger partial charge >= 0.3 is 0 Å². The lowest BCUT2D eigenvalue weighted by Gasteiger charge is -2.34. The molecule has 0 aliphatic heterocycles. The summed E-state index contributed by atoms with van der Waals surface area (Å²) in [6.07, 6.45) is 0. The minimum atomic E-state index is -0.488. The normalized spacial score (nSPS) is 12.7. The van der Waals surface area contributed by atoms with E-state index in [9.17, 15) is 0 Å². The average molecular weight is 625 g/mol. The van der Waals surface area contributed by atoms with E-state index in [1.54, 1.807) is 0 Å². The van der Waals surface area contributed by atoms with Gasteiger partial charge in [-0.1, -0.05) is 182 Å². The molecule has 0 bridgehead atoms. The van der Waals surface area contributed by atoms with E-state index in [0.717, 1.165) is 28.1 Å². The van der Waals surface area contributed by atoms with Crippen molar-refractivity contribution in [2.24, 2.45) is 0 Å². The van der Waals surface area contributed by atoms with Gasteiger partial charge in [0, 0.05) is 16.7 Å². The van der Waals surface area contributed by atoms with Crippen LogP contribution in [0.3, 0.4) is 0 Å². The highest BCUT2D eigenvalue weighted by molar-refractivity contribution is 5.88. The number of benzene rings is 7. The number of fused-ring (bicyclic) bond motifs is 3. The molecule has 1 aromatic heterocycles. The maximum absolute atomic E-state index is 5.26. The third-order valence-corrected chi connectivity index (χ3v) is 9.80. The van der Waals surface area contributed by atoms with Crippen LogP contribution in [0.25, 0.3) is 56.2 Å². The highest BCUT2D eigenvalue weighted by Gasteiger charge is 2.46. The minimum absolute atomic E-state index is 0.488. The third kappa shape index (κ3) is 4.89. The van der Waals surface area contributed by atoms with Gasteiger partial charge in [0.15, 0.2) is 5.82 Å². The molecule has 0 radical (unpaired) electrons. The quantitative estimate of drug-likeness (QED) is 0.184. The number of hydrogen-bond acceptors (Lipinski definition) is 2. The molecule has 230 valence electrons. The Morgan fingerprint density at radius 3 is 1.35 bits per heavy atom. The Morgan fingerprint density at radius 1 is 0.306 bits per heavy atom. The van der Waals surface area contributed by atoms with Crippen LogP contribution in [0.5, 0.6) is 0 Å². The van der Waals surface area contributed by atoms with Crippen molar-refractivity contribution in [1.82, 2.24) is 9.97 Å². The van der Waals surface area contributed by atoms with Crippen molar-refractivity contribution >= 4 is 0 Å². The molecule has 2 nitrogen and oxygen atoms in total. The van der Waals surface area contributed by atoms with E-state index in [4.69, 9.17) is 9.97 Å². The molecule has 0 atom stereocenters. The van der Waals surface area contributed by atoms with Gasteiger partial charge in [-0.15, -0.1) is 0 Å². The van der Waals surface area contributed by atoms with Gasteiger partial charge in [-0.25, -0.2) is 9.97 Å². The van der Waals surface area contributed by atoms with Crippen LogP contribution in [0.15, 0.2) is 194 Å². The van der Waals surface area contributed by atoms with Crippen LogP contribution >= 0.6 is 0 Å². The first-order chi connectivity index (χ1) is 24.3. The predicted molar refractivity (Wildman–Crippen MR) is 201 cm³/mol. The summed E-state index contributed by atoms with van der Waals surface area (Å²) in [4.78, 5) is 10.5. The molecule has 0 unspecified atom stereocenters. The zero-order chi connectivity index (χ0) is 32.6. The fourth-order valence-electron chi connectivity index (χ4n) is 7.53. The summed E-state index contributed by atoms with van der Waals surface area (Å²) in [5.41, 5.74) is 14.3. The smallest absolute Gasteiger partial charge is 0.160 e. The maximum Gasteiger partial charge on any atom is 0.160 e. The summed E-state index contributed by atoms with van der Waals surface area (Å²) in [6, 6.07) is 69.1. The Bertz CT molecular complexity index is 2360. The van der Waals surface area contributed by atoms with Gasteiger partial charge in [-0.3, -0.25) is 0 Å². The number of rotatable bonds is 6. The summed E-state index contributed by atoms with van der Waals surface area (Å²) < 4.78 is 0. The first-order valence-corrected chi connectivity index (χ1v) is 16.8. The van der Waals surface area contributed by atoms with Crippen molar-refractivity contribution in [2.45, 2.75) is 5.41 Å². The summed E-state index contributed by atoms with van der Waals surface area (Å²) in [6.45, 7) is 0. The van der Waals surface area contributed by atoms with Gasteiger partial charge < -0.3 is 0 Å². The van der Waals surface area contributed by atoms with Crippen LogP contribution in [-0.2, 0) is 5.41 Å². The Balaban J connectivity index is 1.25. The van der Waals surface area contributed by atoms with E-state index >= 15 is 0 Å². The third-order valence-electron chi connectivity index (χ3n) is 9.80. The van der Waals surface area contributed by atoms with Crippen molar-refractivity contribution in [1.29, 1.82) is 0 Å². The predicted octanol–water partition coefficient (Wildman–Crippen LogP) is 11.5. The molecule has 0 amide bonds. The van der Waals surface area contributed by atoms with Crippen molar-refractivity contribution in [3.05, 3.63) is 216 Å². The van der Waals surface area contributed by atoms with Crippen molar-refractivity contribution in [2.75, 3.05) is 0 Å². The summed E-state index contributed by atoms with van der Waals surface area (Å²) in [5, 5.41) is 0. The molecule has 1 aliphatic carbocycles. The molecular formula is C47H32N2. The largest absolute Gasteiger partial charge is 0.228 e. The lowest BCUT2D eigenvalue weighted by Crippen LogP contribution is -2.28. The highest BCUT2D eigenvalue weighted by atomic mass is 14.9. The first kappa shape index (κ1) is 28.8. The molecule has 0 saturated heterocycles. The van der Waals surface area contributed by atoms with Crippen LogP contribution in [0.4, 0.5) is 0 Å². The lowest BCUT2D eigenvalue weighted by atomic mass is 9.67. The van der Waals surface area contributed by atoms with Crippen LogP contribution in [-0.4, -0.2) is 9.97 Å². The molecule has 0 spiro atoms. The molecule has 2 heteroatoms. The van der Waals surface area contributed by atoms with E-state index in [0.29, 0.717) is 5.82 Å². The van der Waals surface area contributed by atoms with Crippen molar-refractivity contribution in [3.63, 3.8) is 0 Å². The van der Waals surface area contributed by atoms with E-state index in [2.05, 4.69) is 182 Å². The average Bonchev–Trinajstić information content (AvgIpc) is 3.49. The second-order valence-electron chi connectivity index (χ2n) is 12.6. The van der Waals surface area contributed by atoms with Crippen LogP contribution in [0.2, 0.25) is 0 Å². The standard InChI is InChI=1S/C47H32N2/c1-5-15-33(16-6-1)34-25-27-36(28-26-34)45-32-44(35-17-7-2-8-18-35)48-46(49-45)37-29-30-41-40-23-13-14-24-42(40)47(43(41)31-37,38-19-9-3-10-20-38)39-21-11-4-12-22-39/h1-32H. The van der Waals surface area contributed by atoms with Gasteiger partial charge in [0.1, 0.15) is 0 Å². The molecule has 0 saturated carbocycles. The molecule has 9 rings (SSSR count). The number of hydrogen-bond donors (Lipinski definition) is 0. The number of aromatic nitrogens is 2. The second kappa shape index (κ2) is 12.0. The van der Waals surface area contributed by atoms with Crippen LogP contribution < -0.4 is 0 Å². The van der Waals surface area contributed by atoms with Gasteiger partial charge in [-0.05, 0) is 56.6 Å². The molecule has 49 heavy (non-hydrogen) atoms. The van der Waals surface area contributed by atoms with E-state index < -0.39 is 5.41 Å². The number of nitrogens with zero attached hydrogens (tertiary/aromatic N) is 2. The van der Waals surface area contributed by atoms with Crippen molar-refractivity contribution < 1.29 is 0 Å². The molecule has 7 aromatic carbocycles. The fraction of sp³-hybridized carbons (Fsp3) is 0.0213. The van der Waals surface area contributed by atoms with E-state index in [1.165, 1.54) is 44.5 Å². The van der Waals surface area contributed by atoms with E-state index in [-0.39, 0.29) is 0 Å². The van der Waals surface area contributed by atoms with E-state index in [1.807, 2.05) is 12.1 Å². The van der Waals surface area contributed by atoms with Gasteiger partial charge in [0.2, 0.25) is 0 Å². The molecule has 0 fully saturated rings. The summed E-state index contributed by atoms with van der Waals surface area (Å²) >= 11 is 0. The highest BCUT2D eigenvalue weighted by Crippen LogP contribution is 2.56. The summed E-state index contributed by atoms with van der Waals surface area (Å²) in [5.74, 6) is 0.706. The lowest BCUT2D eigenvalue weighted by molar-refractivity contribution is 0.768. The Labute approximate surface area is 287 Å². The first-order valence-electron chi connectivity index (χ1n) is 16.8. The van der Waals surface area contributed by atoms with Crippen LogP contribution in [0, 0.1) is 0 Å². The van der Waals surface area contributed by atoms with Gasteiger partial charge in [0.05, 0.1) is 16.8 Å². The molecule has 1 heterocycles. The van der Waals surface area contributed by atoms with Crippen LogP contribution in [0.1, 0.15) is 22.3 Å². The molecular weight excluding hydrogens is 593 g/mol. The molecule has 1 aliphatic rings. The maximum atomic E-state index is 5.26. The Kier molecular flexibility index (Phi) is 7.06. The fourth-order valence-corrected chi connectivity index (χ4v) is 7.53.